The molecule has 0 saturated carbocycles. The zero-order chi connectivity index (χ0) is 22.0. The molecule has 0 fully saturated rings. The van der Waals surface area contributed by atoms with E-state index in [0.717, 1.165) is 5.56 Å². The van der Waals surface area contributed by atoms with Crippen LogP contribution in [-0.4, -0.2) is 26.9 Å². The van der Waals surface area contributed by atoms with Crippen molar-refractivity contribution in [2.75, 3.05) is 12.4 Å². The van der Waals surface area contributed by atoms with Crippen molar-refractivity contribution in [3.63, 3.8) is 0 Å². The summed E-state index contributed by atoms with van der Waals surface area (Å²) >= 11 is 5.98. The van der Waals surface area contributed by atoms with Crippen molar-refractivity contribution < 1.29 is 13.5 Å². The molecule has 1 N–H and O–H groups in total. The number of nitrogens with zero attached hydrogens (tertiary/aromatic N) is 4. The number of methoxy groups -OCH3 is 1. The van der Waals surface area contributed by atoms with Gasteiger partial charge in [-0.3, -0.25) is 4.79 Å². The second-order valence-corrected chi connectivity index (χ2v) is 7.18. The van der Waals surface area contributed by atoms with Crippen molar-refractivity contribution in [2.24, 2.45) is 0 Å². The molecule has 4 rings (SSSR count). The van der Waals surface area contributed by atoms with Gasteiger partial charge in [0.1, 0.15) is 5.82 Å². The Morgan fingerprint density at radius 2 is 2.10 bits per heavy atom. The highest BCUT2D eigenvalue weighted by Crippen LogP contribution is 2.27. The van der Waals surface area contributed by atoms with Crippen LogP contribution < -0.4 is 15.6 Å². The summed E-state index contributed by atoms with van der Waals surface area (Å²) in [6.45, 7) is 2.10. The Bertz CT molecular complexity index is 1270. The molecule has 2 aromatic carbocycles. The molecular weight excluding hydrogens is 425 g/mol. The molecule has 31 heavy (non-hydrogen) atoms. The summed E-state index contributed by atoms with van der Waals surface area (Å²) in [7, 11) is 1.38. The number of nitrogens with one attached hydrogen (secondary N) is 1. The van der Waals surface area contributed by atoms with Gasteiger partial charge in [-0.05, 0) is 48.4 Å². The Hall–Kier alpha value is -3.72. The molecule has 0 aliphatic carbocycles. The van der Waals surface area contributed by atoms with E-state index >= 15 is 0 Å². The minimum atomic E-state index is -0.538. The fraction of sp³-hybridized carbons (Fsp3) is 0.143. The van der Waals surface area contributed by atoms with Gasteiger partial charge in [0, 0.05) is 16.3 Å². The first-order valence-corrected chi connectivity index (χ1v) is 9.55. The Morgan fingerprint density at radius 3 is 2.81 bits per heavy atom. The van der Waals surface area contributed by atoms with Crippen LogP contribution in [0, 0.1) is 12.7 Å². The molecule has 0 spiro atoms. The lowest BCUT2D eigenvalue weighted by molar-refractivity contribution is 0.402. The lowest BCUT2D eigenvalue weighted by Crippen LogP contribution is -2.19. The third-order valence-corrected chi connectivity index (χ3v) is 4.77. The first-order valence-electron chi connectivity index (χ1n) is 9.17. The molecule has 158 valence electrons. The highest BCUT2D eigenvalue weighted by atomic mass is 35.5. The van der Waals surface area contributed by atoms with Gasteiger partial charge in [-0.1, -0.05) is 17.7 Å². The fourth-order valence-electron chi connectivity index (χ4n) is 3.04. The predicted molar refractivity (Wildman–Crippen MR) is 113 cm³/mol. The van der Waals surface area contributed by atoms with Crippen LogP contribution in [0.4, 0.5) is 16.0 Å². The first-order chi connectivity index (χ1) is 14.9. The molecule has 0 aliphatic heterocycles. The molecule has 0 unspecified atom stereocenters. The number of rotatable bonds is 6. The van der Waals surface area contributed by atoms with Gasteiger partial charge in [-0.15, -0.1) is 10.2 Å². The minimum absolute atomic E-state index is 0.0596. The van der Waals surface area contributed by atoms with E-state index in [9.17, 15) is 9.18 Å². The minimum Gasteiger partial charge on any atom is -0.490 e. The first kappa shape index (κ1) is 20.5. The Kier molecular flexibility index (Phi) is 5.68. The summed E-state index contributed by atoms with van der Waals surface area (Å²) in [5, 5.41) is 11.0. The summed E-state index contributed by atoms with van der Waals surface area (Å²) < 4.78 is 25.8. The van der Waals surface area contributed by atoms with E-state index in [4.69, 9.17) is 20.8 Å². The molecule has 0 bridgehead atoms. The molecule has 2 heterocycles. The maximum atomic E-state index is 13.8. The van der Waals surface area contributed by atoms with Crippen molar-refractivity contribution in [3.8, 4) is 17.2 Å². The molecule has 0 amide bonds. The number of hydrogen-bond acceptors (Lipinski definition) is 7. The van der Waals surface area contributed by atoms with Crippen molar-refractivity contribution in [1.82, 2.24) is 19.7 Å². The lowest BCUT2D eigenvalue weighted by atomic mass is 10.1. The van der Waals surface area contributed by atoms with Crippen LogP contribution in [0.2, 0.25) is 5.02 Å². The van der Waals surface area contributed by atoms with Gasteiger partial charge in [-0.25, -0.2) is 4.39 Å². The average molecular weight is 442 g/mol. The maximum absolute atomic E-state index is 13.8. The second kappa shape index (κ2) is 8.57. The molecule has 0 aliphatic rings. The average Bonchev–Trinajstić information content (AvgIpc) is 3.25. The van der Waals surface area contributed by atoms with Gasteiger partial charge in [0.05, 0.1) is 19.9 Å². The van der Waals surface area contributed by atoms with Gasteiger partial charge < -0.3 is 19.0 Å². The molecule has 0 radical (unpaired) electrons. The van der Waals surface area contributed by atoms with Gasteiger partial charge in [0.25, 0.3) is 0 Å². The number of aromatic nitrogens is 4. The molecular formula is C21H17ClFN5O3. The Balaban J connectivity index is 1.75. The van der Waals surface area contributed by atoms with Gasteiger partial charge in [0.15, 0.2) is 0 Å². The molecule has 0 saturated heterocycles. The van der Waals surface area contributed by atoms with Gasteiger partial charge in [0.2, 0.25) is 24.0 Å². The van der Waals surface area contributed by atoms with Crippen molar-refractivity contribution in [1.29, 1.82) is 0 Å². The van der Waals surface area contributed by atoms with Crippen LogP contribution >= 0.6 is 11.6 Å². The van der Waals surface area contributed by atoms with Crippen LogP contribution in [-0.2, 0) is 6.54 Å². The number of halogens is 2. The molecule has 2 aromatic heterocycles. The van der Waals surface area contributed by atoms with Gasteiger partial charge in [-0.2, -0.15) is 4.98 Å². The van der Waals surface area contributed by atoms with Crippen molar-refractivity contribution >= 4 is 23.2 Å². The summed E-state index contributed by atoms with van der Waals surface area (Å²) in [6, 6.07) is 9.75. The number of benzene rings is 2. The van der Waals surface area contributed by atoms with Gasteiger partial charge >= 0.3 is 5.56 Å². The smallest absolute Gasteiger partial charge is 0.316 e. The summed E-state index contributed by atoms with van der Waals surface area (Å²) in [5.41, 5.74) is 2.33. The largest absolute Gasteiger partial charge is 0.490 e. The lowest BCUT2D eigenvalue weighted by Gasteiger charge is -2.17. The van der Waals surface area contributed by atoms with E-state index in [2.05, 4.69) is 20.5 Å². The third kappa shape index (κ3) is 4.56. The Labute approximate surface area is 181 Å². The molecule has 4 aromatic rings. The highest BCUT2D eigenvalue weighted by molar-refractivity contribution is 6.30. The summed E-state index contributed by atoms with van der Waals surface area (Å²) in [6.07, 6.45) is 2.75. The summed E-state index contributed by atoms with van der Waals surface area (Å²) in [5.74, 6) is 0.208. The van der Waals surface area contributed by atoms with Crippen molar-refractivity contribution in [2.45, 2.75) is 13.5 Å². The SMILES string of the molecule is COc1cn(Cc2cc(F)cc(Cl)c2)c(Nc2cc(-c3nnco3)ccc2C)nc1=O. The number of aryl methyl sites for hydroxylation is 1. The normalized spacial score (nSPS) is 10.8. The zero-order valence-electron chi connectivity index (χ0n) is 16.6. The standard InChI is InChI=1S/C21H17ClFN5O3/c1-12-3-4-14(20-27-24-11-31-20)7-17(12)25-21-26-19(29)18(30-2)10-28(21)9-13-5-15(22)8-16(23)6-13/h3-8,10-11H,9H2,1-2H3,(H,25,26,29). The second-order valence-electron chi connectivity index (χ2n) is 6.74. The monoisotopic (exact) mass is 441 g/mol. The third-order valence-electron chi connectivity index (χ3n) is 4.55. The van der Waals surface area contributed by atoms with Crippen LogP contribution in [0.3, 0.4) is 0 Å². The van der Waals surface area contributed by atoms with E-state index in [-0.39, 0.29) is 23.3 Å². The molecule has 10 heteroatoms. The highest BCUT2D eigenvalue weighted by Gasteiger charge is 2.13. The van der Waals surface area contributed by atoms with Crippen molar-refractivity contribution in [3.05, 3.63) is 81.3 Å². The quantitative estimate of drug-likeness (QED) is 0.479. The topological polar surface area (TPSA) is 95.1 Å². The zero-order valence-corrected chi connectivity index (χ0v) is 17.4. The molecule has 0 atom stereocenters. The van der Waals surface area contributed by atoms with Crippen LogP contribution in [0.25, 0.3) is 11.5 Å². The van der Waals surface area contributed by atoms with Crippen LogP contribution in [0.5, 0.6) is 5.75 Å². The predicted octanol–water partition coefficient (Wildman–Crippen LogP) is 4.19. The summed E-state index contributed by atoms with van der Waals surface area (Å²) in [4.78, 5) is 16.4. The van der Waals surface area contributed by atoms with Crippen LogP contribution in [0.15, 0.2) is 58.2 Å². The maximum Gasteiger partial charge on any atom is 0.316 e. The van der Waals surface area contributed by atoms with E-state index in [1.807, 2.05) is 25.1 Å². The van der Waals surface area contributed by atoms with E-state index in [1.165, 1.54) is 31.8 Å². The van der Waals surface area contributed by atoms with E-state index in [1.54, 1.807) is 10.6 Å². The number of ether oxygens (including phenoxy) is 1. The van der Waals surface area contributed by atoms with Crippen LogP contribution in [0.1, 0.15) is 11.1 Å². The van der Waals surface area contributed by atoms with E-state index < -0.39 is 11.4 Å². The molecule has 8 nitrogen and oxygen atoms in total. The number of hydrogen-bond donors (Lipinski definition) is 1. The fourth-order valence-corrected chi connectivity index (χ4v) is 3.29. The Morgan fingerprint density at radius 1 is 1.26 bits per heavy atom. The van der Waals surface area contributed by atoms with E-state index in [0.29, 0.717) is 22.7 Å². The number of anilines is 2.